The minimum atomic E-state index is -3.65. The second-order valence-electron chi connectivity index (χ2n) is 10.4. The summed E-state index contributed by atoms with van der Waals surface area (Å²) in [4.78, 5) is 15.8. The van der Waals surface area contributed by atoms with Crippen LogP contribution in [0.3, 0.4) is 0 Å². The lowest BCUT2D eigenvalue weighted by molar-refractivity contribution is 0.100. The molecule has 2 heterocycles. The molecule has 3 N–H and O–H groups in total. The van der Waals surface area contributed by atoms with E-state index >= 15 is 0 Å². The Balaban J connectivity index is 1.20. The summed E-state index contributed by atoms with van der Waals surface area (Å²) in [5.74, 6) is 0.979. The average Bonchev–Trinajstić information content (AvgIpc) is 3.43. The Labute approximate surface area is 239 Å². The number of carbonyl (C=O) groups excluding carboxylic acids is 1. The number of H-pyrrole nitrogens is 1. The van der Waals surface area contributed by atoms with Gasteiger partial charge in [-0.25, -0.2) is 8.42 Å². The molecule has 0 bridgehead atoms. The molecule has 0 aliphatic carbocycles. The van der Waals surface area contributed by atoms with Crippen molar-refractivity contribution in [3.8, 4) is 22.6 Å². The zero-order valence-corrected chi connectivity index (χ0v) is 23.5. The van der Waals surface area contributed by atoms with Crippen LogP contribution in [-0.4, -0.2) is 36.7 Å². The van der Waals surface area contributed by atoms with Crippen LogP contribution in [0.5, 0.6) is 11.5 Å². The smallest absolute Gasteiger partial charge is 0.250 e. The van der Waals surface area contributed by atoms with Crippen molar-refractivity contribution < 1.29 is 17.9 Å². The van der Waals surface area contributed by atoms with Crippen molar-refractivity contribution in [1.82, 2.24) is 9.29 Å². The molecule has 1 aliphatic rings. The van der Waals surface area contributed by atoms with Crippen molar-refractivity contribution in [3.63, 3.8) is 0 Å². The zero-order valence-electron chi connectivity index (χ0n) is 22.7. The standard InChI is InChI=1S/C33H31N3O4S/c1-22-7-5-6-10-31(22)40-26-11-13-27(14-12-26)41(38,39)36-17-15-24(16-18-36)30-21-35-32-28(30)19-25(20-29(32)33(34)37)23-8-3-2-4-9-23/h2-14,19-21,24,35H,15-18H2,1H3,(H2,34,37). The third-order valence-electron chi connectivity index (χ3n) is 7.87. The predicted molar refractivity (Wildman–Crippen MR) is 161 cm³/mol. The SMILES string of the molecule is Cc1ccccc1Oc1ccc(S(=O)(=O)N2CCC(c3c[nH]c4c(C(N)=O)cc(-c5ccccc5)cc34)CC2)cc1. The lowest BCUT2D eigenvalue weighted by Crippen LogP contribution is -2.37. The largest absolute Gasteiger partial charge is 0.457 e. The molecule has 6 rings (SSSR count). The number of para-hydroxylation sites is 1. The van der Waals surface area contributed by atoms with E-state index in [0.717, 1.165) is 38.9 Å². The fourth-order valence-corrected chi connectivity index (χ4v) is 7.09. The fraction of sp³-hybridized carbons (Fsp3) is 0.182. The maximum atomic E-state index is 13.5. The number of sulfonamides is 1. The van der Waals surface area contributed by atoms with Gasteiger partial charge < -0.3 is 15.5 Å². The maximum Gasteiger partial charge on any atom is 0.250 e. The molecule has 0 unspecified atom stereocenters. The molecule has 1 amide bonds. The number of primary amides is 1. The number of piperidine rings is 1. The highest BCUT2D eigenvalue weighted by atomic mass is 32.2. The Morgan fingerprint density at radius 1 is 0.902 bits per heavy atom. The van der Waals surface area contributed by atoms with E-state index in [1.54, 1.807) is 28.6 Å². The van der Waals surface area contributed by atoms with Gasteiger partial charge in [0.25, 0.3) is 5.91 Å². The van der Waals surface area contributed by atoms with Crippen LogP contribution in [-0.2, 0) is 10.0 Å². The number of benzene rings is 4. The molecular formula is C33H31N3O4S. The Morgan fingerprint density at radius 3 is 2.27 bits per heavy atom. The van der Waals surface area contributed by atoms with Crippen LogP contribution >= 0.6 is 0 Å². The number of hydrogen-bond donors (Lipinski definition) is 2. The lowest BCUT2D eigenvalue weighted by Gasteiger charge is -2.31. The normalized spacial score (nSPS) is 14.8. The number of carbonyl (C=O) groups is 1. The van der Waals surface area contributed by atoms with Gasteiger partial charge in [-0.2, -0.15) is 4.31 Å². The van der Waals surface area contributed by atoms with Crippen LogP contribution in [0.2, 0.25) is 0 Å². The molecule has 41 heavy (non-hydrogen) atoms. The van der Waals surface area contributed by atoms with E-state index in [9.17, 15) is 13.2 Å². The molecule has 8 heteroatoms. The molecule has 0 saturated carbocycles. The summed E-state index contributed by atoms with van der Waals surface area (Å²) in [5.41, 5.74) is 10.9. The molecular weight excluding hydrogens is 534 g/mol. The first-order chi connectivity index (χ1) is 19.8. The van der Waals surface area contributed by atoms with Gasteiger partial charge in [0, 0.05) is 24.7 Å². The molecule has 0 spiro atoms. The van der Waals surface area contributed by atoms with Crippen LogP contribution in [0.1, 0.15) is 40.2 Å². The van der Waals surface area contributed by atoms with Gasteiger partial charge in [-0.1, -0.05) is 48.5 Å². The van der Waals surface area contributed by atoms with E-state index in [1.807, 2.05) is 73.8 Å². The number of amides is 1. The molecule has 0 radical (unpaired) electrons. The van der Waals surface area contributed by atoms with Crippen LogP contribution in [0.15, 0.2) is 102 Å². The molecule has 5 aromatic rings. The summed E-state index contributed by atoms with van der Waals surface area (Å²) < 4.78 is 34.4. The fourth-order valence-electron chi connectivity index (χ4n) is 5.62. The quantitative estimate of drug-likeness (QED) is 0.232. The predicted octanol–water partition coefficient (Wildman–Crippen LogP) is 6.60. The average molecular weight is 566 g/mol. The van der Waals surface area contributed by atoms with Crippen molar-refractivity contribution in [3.05, 3.63) is 114 Å². The summed E-state index contributed by atoms with van der Waals surface area (Å²) in [5, 5.41) is 0.950. The van der Waals surface area contributed by atoms with Gasteiger partial charge in [0.2, 0.25) is 10.0 Å². The monoisotopic (exact) mass is 565 g/mol. The first-order valence-corrected chi connectivity index (χ1v) is 15.1. The van der Waals surface area contributed by atoms with Gasteiger partial charge in [-0.15, -0.1) is 0 Å². The van der Waals surface area contributed by atoms with Crippen molar-refractivity contribution in [2.24, 2.45) is 5.73 Å². The van der Waals surface area contributed by atoms with E-state index in [0.29, 0.717) is 37.2 Å². The highest BCUT2D eigenvalue weighted by molar-refractivity contribution is 7.89. The Morgan fingerprint density at radius 2 is 1.59 bits per heavy atom. The molecule has 4 aromatic carbocycles. The zero-order chi connectivity index (χ0) is 28.6. The number of aryl methyl sites for hydroxylation is 1. The van der Waals surface area contributed by atoms with Crippen molar-refractivity contribution in [2.75, 3.05) is 13.1 Å². The van der Waals surface area contributed by atoms with Gasteiger partial charge in [0.15, 0.2) is 0 Å². The summed E-state index contributed by atoms with van der Waals surface area (Å²) in [6.45, 7) is 2.78. The second-order valence-corrected chi connectivity index (χ2v) is 12.4. The molecule has 1 aromatic heterocycles. The van der Waals surface area contributed by atoms with Crippen molar-refractivity contribution in [2.45, 2.75) is 30.6 Å². The van der Waals surface area contributed by atoms with Gasteiger partial charge >= 0.3 is 0 Å². The number of hydrogen-bond acceptors (Lipinski definition) is 4. The van der Waals surface area contributed by atoms with Crippen molar-refractivity contribution in [1.29, 1.82) is 0 Å². The van der Waals surface area contributed by atoms with Crippen LogP contribution in [0.25, 0.3) is 22.0 Å². The topological polar surface area (TPSA) is 105 Å². The second kappa shape index (κ2) is 10.9. The van der Waals surface area contributed by atoms with Gasteiger partial charge in [0.1, 0.15) is 11.5 Å². The number of aromatic nitrogens is 1. The Hall–Kier alpha value is -4.40. The highest BCUT2D eigenvalue weighted by Crippen LogP contribution is 2.38. The summed E-state index contributed by atoms with van der Waals surface area (Å²) in [6, 6.07) is 28.1. The molecule has 1 fully saturated rings. The number of fused-ring (bicyclic) bond motifs is 1. The van der Waals surface area contributed by atoms with Crippen molar-refractivity contribution >= 4 is 26.8 Å². The van der Waals surface area contributed by atoms with E-state index in [4.69, 9.17) is 10.5 Å². The molecule has 1 saturated heterocycles. The summed E-state index contributed by atoms with van der Waals surface area (Å²) >= 11 is 0. The molecule has 208 valence electrons. The first kappa shape index (κ1) is 26.8. The number of rotatable bonds is 7. The Kier molecular flexibility index (Phi) is 7.11. The Bertz CT molecular complexity index is 1820. The third kappa shape index (κ3) is 5.24. The summed E-state index contributed by atoms with van der Waals surface area (Å²) in [6.07, 6.45) is 3.28. The molecule has 0 atom stereocenters. The van der Waals surface area contributed by atoms with Gasteiger partial charge in [-0.3, -0.25) is 4.79 Å². The molecule has 1 aliphatic heterocycles. The van der Waals surface area contributed by atoms with E-state index in [1.165, 1.54) is 0 Å². The van der Waals surface area contributed by atoms with Crippen LogP contribution in [0.4, 0.5) is 0 Å². The van der Waals surface area contributed by atoms with Gasteiger partial charge in [0.05, 0.1) is 16.0 Å². The highest BCUT2D eigenvalue weighted by Gasteiger charge is 2.31. The number of ether oxygens (including phenoxy) is 1. The number of nitrogens with two attached hydrogens (primary N) is 1. The van der Waals surface area contributed by atoms with E-state index in [-0.39, 0.29) is 10.8 Å². The van der Waals surface area contributed by atoms with Gasteiger partial charge in [-0.05, 0) is 90.4 Å². The third-order valence-corrected chi connectivity index (χ3v) is 9.78. The number of aromatic amines is 1. The minimum Gasteiger partial charge on any atom is -0.457 e. The minimum absolute atomic E-state index is 0.145. The van der Waals surface area contributed by atoms with Crippen LogP contribution < -0.4 is 10.5 Å². The van der Waals surface area contributed by atoms with E-state index < -0.39 is 15.9 Å². The number of nitrogens with zero attached hydrogens (tertiary/aromatic N) is 1. The maximum absolute atomic E-state index is 13.5. The van der Waals surface area contributed by atoms with E-state index in [2.05, 4.69) is 11.1 Å². The lowest BCUT2D eigenvalue weighted by atomic mass is 9.88. The number of nitrogens with one attached hydrogen (secondary N) is 1. The first-order valence-electron chi connectivity index (χ1n) is 13.7. The van der Waals surface area contributed by atoms with Crippen LogP contribution in [0, 0.1) is 6.92 Å². The summed E-state index contributed by atoms with van der Waals surface area (Å²) in [7, 11) is -3.65. The molecule has 7 nitrogen and oxygen atoms in total.